The molecule has 0 radical (unpaired) electrons. The van der Waals surface area contributed by atoms with Gasteiger partial charge in [-0.25, -0.2) is 23.5 Å². The van der Waals surface area contributed by atoms with E-state index in [9.17, 15) is 23.5 Å². The van der Waals surface area contributed by atoms with Crippen LogP contribution < -0.4 is 14.8 Å². The molecule has 0 saturated heterocycles. The van der Waals surface area contributed by atoms with E-state index >= 15 is 0 Å². The summed E-state index contributed by atoms with van der Waals surface area (Å²) in [5.41, 5.74) is -0.487. The molecule has 4 aromatic rings. The summed E-state index contributed by atoms with van der Waals surface area (Å²) in [5.74, 6) is -2.01. The second kappa shape index (κ2) is 12.3. The number of anilines is 2. The molecule has 0 saturated carbocycles. The summed E-state index contributed by atoms with van der Waals surface area (Å²) < 4.78 is 45.3. The quantitative estimate of drug-likeness (QED) is 0.238. The number of aliphatic hydroxyl groups is 1. The summed E-state index contributed by atoms with van der Waals surface area (Å²) in [6.07, 6.45) is 0. The zero-order valence-corrected chi connectivity index (χ0v) is 24.5. The van der Waals surface area contributed by atoms with E-state index in [0.717, 1.165) is 12.1 Å². The molecule has 0 aliphatic carbocycles. The second-order valence-electron chi connectivity index (χ2n) is 10.1. The molecule has 1 atom stereocenters. The second-order valence-corrected chi connectivity index (χ2v) is 10.1. The van der Waals surface area contributed by atoms with Gasteiger partial charge in [-0.3, -0.25) is 4.79 Å². The Morgan fingerprint density at radius 1 is 1.02 bits per heavy atom. The van der Waals surface area contributed by atoms with Crippen molar-refractivity contribution in [3.8, 4) is 22.9 Å². The van der Waals surface area contributed by atoms with Crippen LogP contribution >= 0.6 is 0 Å². The highest BCUT2D eigenvalue weighted by atomic mass is 19.1. The number of carbonyl (C=O) groups is 2. The van der Waals surface area contributed by atoms with Crippen molar-refractivity contribution >= 4 is 23.4 Å². The number of esters is 1. The Hall–Kier alpha value is -5.10. The third-order valence-corrected chi connectivity index (χ3v) is 7.25. The van der Waals surface area contributed by atoms with Gasteiger partial charge in [0.2, 0.25) is 0 Å². The first-order chi connectivity index (χ1) is 21.1. The first-order valence-electron chi connectivity index (χ1n) is 13.7. The highest BCUT2D eigenvalue weighted by Crippen LogP contribution is 2.35. The molecule has 12 heteroatoms. The van der Waals surface area contributed by atoms with Crippen molar-refractivity contribution in [2.24, 2.45) is 0 Å². The normalized spacial score (nSPS) is 13.7. The number of hydrogen-bond acceptors (Lipinski definition) is 9. The standard InChI is InChI=1S/C32H30F2N4O6/c1-5-44-31(40)32(2,41)19-10-12-20(13-11-19)35-29-27-24(36-28(37-29)26-22(33)7-6-8-23(26)34)17-38(30(27)39)16-18-9-14-21(42-3)15-25(18)43-4/h6-15,41H,5,16-17H2,1-4H3,(H,35,36,37). The average molecular weight is 605 g/mol. The minimum atomic E-state index is -1.89. The largest absolute Gasteiger partial charge is 0.497 e. The number of methoxy groups -OCH3 is 2. The molecule has 5 rings (SSSR count). The smallest absolute Gasteiger partial charge is 0.342 e. The van der Waals surface area contributed by atoms with Gasteiger partial charge >= 0.3 is 5.97 Å². The molecule has 1 aliphatic heterocycles. The van der Waals surface area contributed by atoms with Crippen LogP contribution in [0.2, 0.25) is 0 Å². The van der Waals surface area contributed by atoms with Gasteiger partial charge in [-0.1, -0.05) is 18.2 Å². The van der Waals surface area contributed by atoms with Crippen LogP contribution in [0.25, 0.3) is 11.4 Å². The summed E-state index contributed by atoms with van der Waals surface area (Å²) in [5, 5.41) is 13.8. The Kier molecular flexibility index (Phi) is 8.45. The molecule has 0 spiro atoms. The molecule has 1 amide bonds. The predicted molar refractivity (Wildman–Crippen MR) is 156 cm³/mol. The third kappa shape index (κ3) is 5.76. The molecule has 10 nitrogen and oxygen atoms in total. The Bertz CT molecular complexity index is 1710. The fraction of sp³-hybridized carbons (Fsp3) is 0.250. The van der Waals surface area contributed by atoms with Crippen LogP contribution in [0, 0.1) is 11.6 Å². The van der Waals surface area contributed by atoms with Crippen LogP contribution in [0.3, 0.4) is 0 Å². The van der Waals surface area contributed by atoms with Crippen molar-refractivity contribution in [3.05, 3.63) is 94.7 Å². The Morgan fingerprint density at radius 3 is 2.36 bits per heavy atom. The summed E-state index contributed by atoms with van der Waals surface area (Å²) in [6.45, 7) is 3.27. The molecule has 44 heavy (non-hydrogen) atoms. The van der Waals surface area contributed by atoms with E-state index in [1.807, 2.05) is 0 Å². The van der Waals surface area contributed by atoms with Crippen molar-refractivity contribution in [2.75, 3.05) is 26.1 Å². The van der Waals surface area contributed by atoms with Crippen molar-refractivity contribution in [1.82, 2.24) is 14.9 Å². The van der Waals surface area contributed by atoms with Gasteiger partial charge in [0.05, 0.1) is 45.2 Å². The Labute approximate surface area is 252 Å². The van der Waals surface area contributed by atoms with Gasteiger partial charge in [0.1, 0.15) is 34.5 Å². The van der Waals surface area contributed by atoms with Gasteiger partial charge in [-0.15, -0.1) is 0 Å². The monoisotopic (exact) mass is 604 g/mol. The van der Waals surface area contributed by atoms with Crippen molar-refractivity contribution in [2.45, 2.75) is 32.5 Å². The number of benzene rings is 3. The van der Waals surface area contributed by atoms with Gasteiger partial charge < -0.3 is 29.5 Å². The minimum Gasteiger partial charge on any atom is -0.497 e. The lowest BCUT2D eigenvalue weighted by atomic mass is 9.96. The number of ether oxygens (including phenoxy) is 3. The van der Waals surface area contributed by atoms with Crippen LogP contribution in [0.4, 0.5) is 20.3 Å². The molecule has 1 aromatic heterocycles. The Balaban J connectivity index is 1.52. The number of rotatable bonds is 10. The summed E-state index contributed by atoms with van der Waals surface area (Å²) in [6, 6.07) is 14.9. The average Bonchev–Trinajstić information content (AvgIpc) is 3.32. The van der Waals surface area contributed by atoms with E-state index < -0.39 is 34.7 Å². The molecule has 2 N–H and O–H groups in total. The molecule has 1 aliphatic rings. The lowest BCUT2D eigenvalue weighted by Crippen LogP contribution is -2.34. The van der Waals surface area contributed by atoms with E-state index in [0.29, 0.717) is 22.7 Å². The first kappa shape index (κ1) is 30.4. The van der Waals surface area contributed by atoms with Gasteiger partial charge in [0, 0.05) is 17.3 Å². The zero-order chi connectivity index (χ0) is 31.6. The molecule has 228 valence electrons. The number of carbonyl (C=O) groups excluding carboxylic acids is 2. The number of hydrogen-bond donors (Lipinski definition) is 2. The van der Waals surface area contributed by atoms with Gasteiger partial charge in [-0.2, -0.15) is 0 Å². The molecular formula is C32H30F2N4O6. The molecule has 1 unspecified atom stereocenters. The van der Waals surface area contributed by atoms with Crippen LogP contribution in [0.1, 0.15) is 41.0 Å². The lowest BCUT2D eigenvalue weighted by Gasteiger charge is -2.21. The van der Waals surface area contributed by atoms with E-state index in [1.54, 1.807) is 37.3 Å². The Morgan fingerprint density at radius 2 is 1.73 bits per heavy atom. The fourth-order valence-electron chi connectivity index (χ4n) is 4.89. The van der Waals surface area contributed by atoms with Crippen LogP contribution in [0.5, 0.6) is 11.5 Å². The molecular weight excluding hydrogens is 574 g/mol. The number of aromatic nitrogens is 2. The lowest BCUT2D eigenvalue weighted by molar-refractivity contribution is -0.164. The van der Waals surface area contributed by atoms with Crippen LogP contribution in [0.15, 0.2) is 60.7 Å². The van der Waals surface area contributed by atoms with Gasteiger partial charge in [0.15, 0.2) is 11.4 Å². The minimum absolute atomic E-state index is 0.0340. The summed E-state index contributed by atoms with van der Waals surface area (Å²) in [4.78, 5) is 36.3. The van der Waals surface area contributed by atoms with E-state index in [-0.39, 0.29) is 48.2 Å². The molecule has 3 aromatic carbocycles. The highest BCUT2D eigenvalue weighted by molar-refractivity contribution is 6.03. The highest BCUT2D eigenvalue weighted by Gasteiger charge is 2.36. The molecule has 2 heterocycles. The van der Waals surface area contributed by atoms with Crippen molar-refractivity contribution in [3.63, 3.8) is 0 Å². The summed E-state index contributed by atoms with van der Waals surface area (Å²) >= 11 is 0. The number of nitrogens with zero attached hydrogens (tertiary/aromatic N) is 3. The predicted octanol–water partition coefficient (Wildman–Crippen LogP) is 5.11. The fourth-order valence-corrected chi connectivity index (χ4v) is 4.89. The maximum atomic E-state index is 14.8. The van der Waals surface area contributed by atoms with Crippen molar-refractivity contribution in [1.29, 1.82) is 0 Å². The number of nitrogens with one attached hydrogen (secondary N) is 1. The zero-order valence-electron chi connectivity index (χ0n) is 24.5. The van der Waals surface area contributed by atoms with E-state index in [4.69, 9.17) is 14.2 Å². The van der Waals surface area contributed by atoms with Gasteiger partial charge in [0.25, 0.3) is 5.91 Å². The third-order valence-electron chi connectivity index (χ3n) is 7.25. The molecule has 0 bridgehead atoms. The summed E-state index contributed by atoms with van der Waals surface area (Å²) in [7, 11) is 3.05. The van der Waals surface area contributed by atoms with Crippen LogP contribution in [-0.2, 0) is 28.2 Å². The maximum Gasteiger partial charge on any atom is 0.342 e. The first-order valence-corrected chi connectivity index (χ1v) is 13.7. The van der Waals surface area contributed by atoms with E-state index in [2.05, 4.69) is 15.3 Å². The SMILES string of the molecule is CCOC(=O)C(C)(O)c1ccc(Nc2nc(-c3c(F)cccc3F)nc3c2C(=O)N(Cc2ccc(OC)cc2OC)C3)cc1. The maximum absolute atomic E-state index is 14.8. The molecule has 0 fully saturated rings. The van der Waals surface area contributed by atoms with Crippen molar-refractivity contribution < 1.29 is 37.7 Å². The topological polar surface area (TPSA) is 123 Å². The van der Waals surface area contributed by atoms with Crippen LogP contribution in [-0.4, -0.2) is 52.7 Å². The number of amides is 1. The number of halogens is 2. The number of fused-ring (bicyclic) bond motifs is 1. The van der Waals surface area contributed by atoms with Gasteiger partial charge in [-0.05, 0) is 55.8 Å². The van der Waals surface area contributed by atoms with E-state index in [1.165, 1.54) is 44.2 Å².